The van der Waals surface area contributed by atoms with Crippen LogP contribution in [-0.2, 0) is 19.1 Å². The summed E-state index contributed by atoms with van der Waals surface area (Å²) in [6.45, 7) is 10.3. The normalized spacial score (nSPS) is 39.8. The van der Waals surface area contributed by atoms with Crippen LogP contribution < -0.4 is 0 Å². The maximum Gasteiger partial charge on any atom is 0.331 e. The molecule has 0 bridgehead atoms. The summed E-state index contributed by atoms with van der Waals surface area (Å²) in [4.78, 5) is 23.3. The SMILES string of the molecule is CC(=O)OC(CC1(C)C(C)CC(O)C2(C)C(C)=CCCC12)C1=CC(=O)OC1. The molecular weight excluding hydrogens is 344 g/mol. The fourth-order valence-corrected chi connectivity index (χ4v) is 5.73. The zero-order valence-electron chi connectivity index (χ0n) is 17.1. The summed E-state index contributed by atoms with van der Waals surface area (Å²) in [6, 6.07) is 0. The van der Waals surface area contributed by atoms with E-state index in [4.69, 9.17) is 9.47 Å². The van der Waals surface area contributed by atoms with Crippen LogP contribution in [-0.4, -0.2) is 35.9 Å². The van der Waals surface area contributed by atoms with Gasteiger partial charge < -0.3 is 14.6 Å². The lowest BCUT2D eigenvalue weighted by atomic mass is 9.45. The number of rotatable bonds is 4. The fourth-order valence-electron chi connectivity index (χ4n) is 5.73. The van der Waals surface area contributed by atoms with Gasteiger partial charge in [0, 0.05) is 24.0 Å². The number of aliphatic hydroxyl groups is 1. The zero-order valence-corrected chi connectivity index (χ0v) is 17.1. The van der Waals surface area contributed by atoms with Crippen molar-refractivity contribution in [2.24, 2.45) is 22.7 Å². The number of esters is 2. The van der Waals surface area contributed by atoms with E-state index in [1.165, 1.54) is 18.6 Å². The minimum atomic E-state index is -0.466. The Bertz CT molecular complexity index is 693. The van der Waals surface area contributed by atoms with Crippen molar-refractivity contribution in [1.29, 1.82) is 0 Å². The molecule has 3 rings (SSSR count). The maximum absolute atomic E-state index is 11.7. The number of fused-ring (bicyclic) bond motifs is 1. The quantitative estimate of drug-likeness (QED) is 0.600. The second-order valence-electron chi connectivity index (χ2n) is 9.09. The van der Waals surface area contributed by atoms with E-state index in [0.717, 1.165) is 24.8 Å². The van der Waals surface area contributed by atoms with Gasteiger partial charge in [0.25, 0.3) is 0 Å². The minimum Gasteiger partial charge on any atom is -0.458 e. The van der Waals surface area contributed by atoms with Gasteiger partial charge in [-0.15, -0.1) is 0 Å². The van der Waals surface area contributed by atoms with Gasteiger partial charge in [0.05, 0.1) is 6.10 Å². The Morgan fingerprint density at radius 3 is 2.74 bits per heavy atom. The van der Waals surface area contributed by atoms with Gasteiger partial charge in [-0.05, 0) is 49.9 Å². The van der Waals surface area contributed by atoms with Crippen LogP contribution in [0.4, 0.5) is 0 Å². The van der Waals surface area contributed by atoms with Crippen molar-refractivity contribution in [2.45, 2.75) is 72.5 Å². The van der Waals surface area contributed by atoms with Crippen molar-refractivity contribution in [3.8, 4) is 0 Å². The van der Waals surface area contributed by atoms with Gasteiger partial charge in [-0.25, -0.2) is 4.79 Å². The maximum atomic E-state index is 11.7. The van der Waals surface area contributed by atoms with E-state index in [-0.39, 0.29) is 47.3 Å². The number of hydrogen-bond donors (Lipinski definition) is 1. The summed E-state index contributed by atoms with van der Waals surface area (Å²) in [6.07, 6.45) is 6.25. The Labute approximate surface area is 161 Å². The summed E-state index contributed by atoms with van der Waals surface area (Å²) in [7, 11) is 0. The second kappa shape index (κ2) is 7.08. The smallest absolute Gasteiger partial charge is 0.331 e. The molecule has 0 amide bonds. The van der Waals surface area contributed by atoms with Gasteiger partial charge in [0.15, 0.2) is 0 Å². The fraction of sp³-hybridized carbons (Fsp3) is 0.727. The van der Waals surface area contributed by atoms with Gasteiger partial charge in [-0.1, -0.05) is 32.4 Å². The molecule has 5 heteroatoms. The molecule has 27 heavy (non-hydrogen) atoms. The predicted molar refractivity (Wildman–Crippen MR) is 102 cm³/mol. The molecule has 0 saturated heterocycles. The van der Waals surface area contributed by atoms with E-state index in [1.807, 2.05) is 0 Å². The highest BCUT2D eigenvalue weighted by atomic mass is 16.6. The van der Waals surface area contributed by atoms with Gasteiger partial charge in [0.2, 0.25) is 0 Å². The molecule has 6 atom stereocenters. The summed E-state index contributed by atoms with van der Waals surface area (Å²) in [5.74, 6) is -0.172. The number of cyclic esters (lactones) is 1. The minimum absolute atomic E-state index is 0.129. The molecule has 0 aromatic carbocycles. The molecule has 6 unspecified atom stereocenters. The molecule has 0 aromatic heterocycles. The van der Waals surface area contributed by atoms with Crippen molar-refractivity contribution in [1.82, 2.24) is 0 Å². The van der Waals surface area contributed by atoms with E-state index in [1.54, 1.807) is 0 Å². The van der Waals surface area contributed by atoms with E-state index >= 15 is 0 Å². The number of ether oxygens (including phenoxy) is 2. The molecule has 0 radical (unpaired) electrons. The highest BCUT2D eigenvalue weighted by Gasteiger charge is 2.58. The number of carbonyl (C=O) groups excluding carboxylic acids is 2. The van der Waals surface area contributed by atoms with Gasteiger partial charge >= 0.3 is 11.9 Å². The van der Waals surface area contributed by atoms with Crippen LogP contribution in [0.3, 0.4) is 0 Å². The van der Waals surface area contributed by atoms with Crippen molar-refractivity contribution in [2.75, 3.05) is 6.61 Å². The standard InChI is InChI=1S/C22H32O5/c1-13-7-6-8-18-21(4,14(2)9-19(24)22(13,18)5)11-17(27-15(3)23)16-10-20(25)26-12-16/h7,10,14,17-19,24H,6,8-9,11-12H2,1-5H3. The highest BCUT2D eigenvalue weighted by Crippen LogP contribution is 2.62. The monoisotopic (exact) mass is 376 g/mol. The predicted octanol–water partition coefficient (Wildman–Crippen LogP) is 3.56. The average Bonchev–Trinajstić information content (AvgIpc) is 3.01. The third kappa shape index (κ3) is 3.35. The van der Waals surface area contributed by atoms with E-state index in [9.17, 15) is 14.7 Å². The lowest BCUT2D eigenvalue weighted by Gasteiger charge is -2.60. The van der Waals surface area contributed by atoms with E-state index < -0.39 is 6.10 Å². The highest BCUT2D eigenvalue weighted by molar-refractivity contribution is 5.85. The Hall–Kier alpha value is -1.62. The third-order valence-corrected chi connectivity index (χ3v) is 7.70. The Balaban J connectivity index is 1.96. The first kappa shape index (κ1) is 20.1. The molecule has 5 nitrogen and oxygen atoms in total. The Morgan fingerprint density at radius 2 is 2.15 bits per heavy atom. The van der Waals surface area contributed by atoms with Crippen molar-refractivity contribution < 1.29 is 24.2 Å². The second-order valence-corrected chi connectivity index (χ2v) is 9.09. The van der Waals surface area contributed by atoms with Crippen LogP contribution in [0.2, 0.25) is 0 Å². The summed E-state index contributed by atoms with van der Waals surface area (Å²) >= 11 is 0. The van der Waals surface area contributed by atoms with Crippen molar-refractivity contribution in [3.63, 3.8) is 0 Å². The van der Waals surface area contributed by atoms with Gasteiger partial charge in [-0.2, -0.15) is 0 Å². The van der Waals surface area contributed by atoms with Crippen LogP contribution in [0.1, 0.15) is 60.3 Å². The van der Waals surface area contributed by atoms with Crippen molar-refractivity contribution >= 4 is 11.9 Å². The first-order valence-electron chi connectivity index (χ1n) is 9.98. The number of hydrogen-bond acceptors (Lipinski definition) is 5. The largest absolute Gasteiger partial charge is 0.458 e. The molecule has 1 heterocycles. The van der Waals surface area contributed by atoms with Crippen LogP contribution >= 0.6 is 0 Å². The van der Waals surface area contributed by atoms with Gasteiger partial charge in [0.1, 0.15) is 12.7 Å². The third-order valence-electron chi connectivity index (χ3n) is 7.70. The molecule has 2 aliphatic carbocycles. The number of allylic oxidation sites excluding steroid dienone is 1. The topological polar surface area (TPSA) is 72.8 Å². The van der Waals surface area contributed by atoms with E-state index in [0.29, 0.717) is 6.42 Å². The lowest BCUT2D eigenvalue weighted by Crippen LogP contribution is -2.57. The molecule has 0 aromatic rings. The molecule has 3 aliphatic rings. The summed E-state index contributed by atoms with van der Waals surface area (Å²) in [5, 5.41) is 11.0. The summed E-state index contributed by atoms with van der Waals surface area (Å²) < 4.78 is 10.7. The zero-order chi connectivity index (χ0) is 20.0. The molecular formula is C22H32O5. The van der Waals surface area contributed by atoms with Crippen LogP contribution in [0.5, 0.6) is 0 Å². The molecule has 1 N–H and O–H groups in total. The van der Waals surface area contributed by atoms with E-state index in [2.05, 4.69) is 33.8 Å². The average molecular weight is 376 g/mol. The molecule has 1 fully saturated rings. The lowest BCUT2D eigenvalue weighted by molar-refractivity contribution is -0.155. The Morgan fingerprint density at radius 1 is 1.44 bits per heavy atom. The summed E-state index contributed by atoms with van der Waals surface area (Å²) in [5.41, 5.74) is 1.60. The number of aliphatic hydroxyl groups excluding tert-OH is 1. The number of carbonyl (C=O) groups is 2. The molecule has 150 valence electrons. The van der Waals surface area contributed by atoms with Crippen LogP contribution in [0.25, 0.3) is 0 Å². The first-order valence-corrected chi connectivity index (χ1v) is 9.98. The molecule has 1 aliphatic heterocycles. The van der Waals surface area contributed by atoms with Crippen LogP contribution in [0.15, 0.2) is 23.3 Å². The molecule has 1 saturated carbocycles. The first-order chi connectivity index (χ1) is 12.6. The van der Waals surface area contributed by atoms with Gasteiger partial charge in [-0.3, -0.25) is 4.79 Å². The molecule has 0 spiro atoms. The Kier molecular flexibility index (Phi) is 5.28. The van der Waals surface area contributed by atoms with Crippen molar-refractivity contribution in [3.05, 3.63) is 23.3 Å². The van der Waals surface area contributed by atoms with Crippen LogP contribution in [0, 0.1) is 22.7 Å².